The Morgan fingerprint density at radius 2 is 1.67 bits per heavy atom. The van der Waals surface area contributed by atoms with E-state index in [1.165, 1.54) is 19.1 Å². The number of nitrogens with zero attached hydrogens (tertiary/aromatic N) is 2. The molecule has 1 aromatic carbocycles. The molecule has 1 heterocycles. The van der Waals surface area contributed by atoms with Gasteiger partial charge in [0.1, 0.15) is 6.04 Å². The molecule has 8 heteroatoms. The normalized spacial score (nSPS) is 22.7. The monoisotopic (exact) mass is 436 g/mol. The van der Waals surface area contributed by atoms with Crippen LogP contribution in [0.3, 0.4) is 0 Å². The fourth-order valence-corrected chi connectivity index (χ4v) is 4.60. The van der Waals surface area contributed by atoms with E-state index in [0.29, 0.717) is 10.7 Å². The lowest BCUT2D eigenvalue weighted by molar-refractivity contribution is -0.154. The van der Waals surface area contributed by atoms with Gasteiger partial charge in [-0.15, -0.1) is 0 Å². The molecule has 1 unspecified atom stereocenters. The van der Waals surface area contributed by atoms with Gasteiger partial charge >= 0.3 is 0 Å². The van der Waals surface area contributed by atoms with Crippen molar-refractivity contribution in [2.24, 2.45) is 16.7 Å². The smallest absolute Gasteiger partial charge is 0.257 e. The number of carbonyl (C=O) groups is 3. The Labute approximate surface area is 182 Å². The highest BCUT2D eigenvalue weighted by Gasteiger charge is 2.69. The predicted molar refractivity (Wildman–Crippen MR) is 113 cm³/mol. The van der Waals surface area contributed by atoms with Crippen molar-refractivity contribution in [1.29, 1.82) is 0 Å². The second-order valence-corrected chi connectivity index (χ2v) is 9.47. The highest BCUT2D eigenvalue weighted by molar-refractivity contribution is 6.30. The summed E-state index contributed by atoms with van der Waals surface area (Å²) in [4.78, 5) is 42.1. The zero-order valence-corrected chi connectivity index (χ0v) is 19.0. The average Bonchev–Trinajstić information content (AvgIpc) is 2.92. The van der Waals surface area contributed by atoms with Gasteiger partial charge in [0.15, 0.2) is 6.29 Å². The highest BCUT2D eigenvalue weighted by atomic mass is 35.5. The van der Waals surface area contributed by atoms with Gasteiger partial charge in [0.2, 0.25) is 11.8 Å². The molecule has 1 aromatic rings. The van der Waals surface area contributed by atoms with Crippen LogP contribution in [0.5, 0.6) is 0 Å². The molecule has 30 heavy (non-hydrogen) atoms. The third-order valence-corrected chi connectivity index (χ3v) is 7.26. The number of carbonyl (C=O) groups excluding carboxylic acids is 3. The van der Waals surface area contributed by atoms with Crippen molar-refractivity contribution in [3.63, 3.8) is 0 Å². The summed E-state index contributed by atoms with van der Waals surface area (Å²) in [5, 5.41) is 0.507. The van der Waals surface area contributed by atoms with E-state index in [1.54, 1.807) is 24.3 Å². The van der Waals surface area contributed by atoms with Crippen molar-refractivity contribution in [2.45, 2.75) is 46.4 Å². The van der Waals surface area contributed by atoms with Crippen LogP contribution in [0, 0.1) is 16.7 Å². The number of ether oxygens (including phenoxy) is 2. The van der Waals surface area contributed by atoms with Crippen LogP contribution in [0.15, 0.2) is 24.3 Å². The zero-order valence-electron chi connectivity index (χ0n) is 18.3. The number of halogens is 1. The number of amides is 3. The second-order valence-electron chi connectivity index (χ2n) is 9.03. The van der Waals surface area contributed by atoms with Gasteiger partial charge in [-0.2, -0.15) is 0 Å². The van der Waals surface area contributed by atoms with E-state index in [-0.39, 0.29) is 41.5 Å². The minimum absolute atomic E-state index is 0.0621. The van der Waals surface area contributed by atoms with Gasteiger partial charge < -0.3 is 14.4 Å². The van der Waals surface area contributed by atoms with Crippen LogP contribution in [0.4, 0.5) is 5.69 Å². The first-order valence-electron chi connectivity index (χ1n) is 9.95. The number of methoxy groups -OCH3 is 2. The van der Waals surface area contributed by atoms with Crippen LogP contribution in [0.25, 0.3) is 0 Å². The van der Waals surface area contributed by atoms with Gasteiger partial charge in [-0.25, -0.2) is 4.90 Å². The van der Waals surface area contributed by atoms with Gasteiger partial charge in [0.05, 0.1) is 18.7 Å². The second kappa shape index (κ2) is 7.94. The van der Waals surface area contributed by atoms with Crippen LogP contribution < -0.4 is 4.90 Å². The van der Waals surface area contributed by atoms with E-state index in [1.807, 2.05) is 27.7 Å². The van der Waals surface area contributed by atoms with E-state index in [4.69, 9.17) is 21.1 Å². The van der Waals surface area contributed by atoms with Crippen molar-refractivity contribution in [2.75, 3.05) is 25.7 Å². The quantitative estimate of drug-likeness (QED) is 0.485. The summed E-state index contributed by atoms with van der Waals surface area (Å²) in [7, 11) is 2.95. The van der Waals surface area contributed by atoms with Crippen LogP contribution in [0.2, 0.25) is 5.02 Å². The molecule has 164 valence electrons. The lowest BCUT2D eigenvalue weighted by atomic mass is 10.0. The molecule has 7 nitrogen and oxygen atoms in total. The molecule has 3 amide bonds. The summed E-state index contributed by atoms with van der Waals surface area (Å²) in [6.07, 6.45) is -0.785. The first kappa shape index (κ1) is 22.7. The lowest BCUT2D eigenvalue weighted by Crippen LogP contribution is -2.50. The largest absolute Gasteiger partial charge is 0.354 e. The average molecular weight is 437 g/mol. The molecule has 1 saturated carbocycles. The molecule has 0 spiro atoms. The van der Waals surface area contributed by atoms with Gasteiger partial charge in [0, 0.05) is 25.2 Å². The Hall–Kier alpha value is -1.96. The van der Waals surface area contributed by atoms with Crippen molar-refractivity contribution >= 4 is 35.0 Å². The molecule has 1 aliphatic heterocycles. The first-order valence-corrected chi connectivity index (χ1v) is 10.3. The summed E-state index contributed by atoms with van der Waals surface area (Å²) in [6.45, 7) is 8.23. The van der Waals surface area contributed by atoms with E-state index in [0.717, 1.165) is 4.90 Å². The van der Waals surface area contributed by atoms with Gasteiger partial charge in [-0.05, 0) is 35.1 Å². The maximum absolute atomic E-state index is 13.5. The summed E-state index contributed by atoms with van der Waals surface area (Å²) in [6, 6.07) is 5.57. The fraction of sp³-hybridized carbons (Fsp3) is 0.591. The maximum Gasteiger partial charge on any atom is 0.257 e. The van der Waals surface area contributed by atoms with Gasteiger partial charge in [-0.1, -0.05) is 39.3 Å². The molecule has 1 aliphatic carbocycles. The highest BCUT2D eigenvalue weighted by Crippen LogP contribution is 2.69. The number of benzene rings is 1. The van der Waals surface area contributed by atoms with Crippen molar-refractivity contribution < 1.29 is 23.9 Å². The number of rotatable bonds is 7. The minimum Gasteiger partial charge on any atom is -0.354 e. The van der Waals surface area contributed by atoms with Crippen LogP contribution >= 0.6 is 11.6 Å². The van der Waals surface area contributed by atoms with Crippen LogP contribution in [0.1, 0.15) is 34.1 Å². The Kier molecular flexibility index (Phi) is 6.02. The summed E-state index contributed by atoms with van der Waals surface area (Å²) in [5.74, 6) is -1.20. The zero-order chi connectivity index (χ0) is 22.4. The Bertz CT molecular complexity index is 834. The lowest BCUT2D eigenvalue weighted by Gasteiger charge is -2.31. The number of anilines is 1. The van der Waals surface area contributed by atoms with E-state index >= 15 is 0 Å². The molecule has 0 radical (unpaired) electrons. The van der Waals surface area contributed by atoms with Gasteiger partial charge in [-0.3, -0.25) is 14.4 Å². The molecule has 0 N–H and O–H groups in total. The van der Waals surface area contributed by atoms with Crippen molar-refractivity contribution in [3.05, 3.63) is 29.3 Å². The molecule has 3 rings (SSSR count). The Balaban J connectivity index is 1.92. The third-order valence-electron chi connectivity index (χ3n) is 7.01. The summed E-state index contributed by atoms with van der Waals surface area (Å²) >= 11 is 5.93. The van der Waals surface area contributed by atoms with Gasteiger partial charge in [0.25, 0.3) is 5.91 Å². The standard InChI is InChI=1S/C22H29ClN2O5/c1-21(2)18(22(21,3)4)20(28)24(12-17(29-5)30-6)15-11-16(26)25(19(15)27)14-9-7-13(23)8-10-14/h7-10,15,17-18H,11-12H2,1-6H3. The number of hydrogen-bond acceptors (Lipinski definition) is 5. The molecule has 0 aromatic heterocycles. The molecular weight excluding hydrogens is 408 g/mol. The molecule has 0 bridgehead atoms. The summed E-state index contributed by atoms with van der Waals surface area (Å²) < 4.78 is 10.6. The molecule has 1 atom stereocenters. The Morgan fingerprint density at radius 3 is 2.13 bits per heavy atom. The number of hydrogen-bond donors (Lipinski definition) is 0. The Morgan fingerprint density at radius 1 is 1.13 bits per heavy atom. The molecular formula is C22H29ClN2O5. The fourth-order valence-electron chi connectivity index (χ4n) is 4.48. The van der Waals surface area contributed by atoms with Crippen molar-refractivity contribution in [3.8, 4) is 0 Å². The number of imide groups is 1. The molecule has 2 aliphatic rings. The minimum atomic E-state index is -0.902. The predicted octanol–water partition coefficient (Wildman–Crippen LogP) is 3.10. The van der Waals surface area contributed by atoms with E-state index in [2.05, 4.69) is 0 Å². The summed E-state index contributed by atoms with van der Waals surface area (Å²) in [5.41, 5.74) is 0.0188. The SMILES string of the molecule is COC(CN(C(=O)C1C(C)(C)C1(C)C)C1CC(=O)N(c2ccc(Cl)cc2)C1=O)OC. The molecule has 1 saturated heterocycles. The molecule has 2 fully saturated rings. The van der Waals surface area contributed by atoms with Crippen LogP contribution in [-0.2, 0) is 23.9 Å². The first-order chi connectivity index (χ1) is 14.0. The third kappa shape index (κ3) is 3.63. The maximum atomic E-state index is 13.5. The van der Waals surface area contributed by atoms with E-state index < -0.39 is 18.2 Å². The topological polar surface area (TPSA) is 76.2 Å². The van der Waals surface area contributed by atoms with Crippen LogP contribution in [-0.4, -0.2) is 55.7 Å². The van der Waals surface area contributed by atoms with E-state index in [9.17, 15) is 14.4 Å². The van der Waals surface area contributed by atoms with Crippen molar-refractivity contribution in [1.82, 2.24) is 4.90 Å².